The number of benzene rings is 1. The average molecular weight is 409 g/mol. The molecule has 0 fully saturated rings. The van der Waals surface area contributed by atoms with Crippen molar-refractivity contribution in [1.82, 2.24) is 0 Å². The number of hydrogen-bond acceptors (Lipinski definition) is 3. The van der Waals surface area contributed by atoms with Gasteiger partial charge in [0.15, 0.2) is 0 Å². The predicted octanol–water partition coefficient (Wildman–Crippen LogP) is 4.88. The van der Waals surface area contributed by atoms with Crippen LogP contribution in [0.4, 0.5) is 4.39 Å². The number of halogens is 3. The number of thiophene rings is 1. The Hall–Kier alpha value is -0.430. The molecule has 2 rings (SSSR count). The molecule has 0 spiro atoms. The van der Waals surface area contributed by atoms with E-state index in [0.717, 1.165) is 9.35 Å². The minimum absolute atomic E-state index is 0.197. The molecule has 1 heterocycles. The van der Waals surface area contributed by atoms with Gasteiger partial charge in [0.05, 0.1) is 4.47 Å². The summed E-state index contributed by atoms with van der Waals surface area (Å²) in [6.45, 7) is 1.87. The third-order valence-electron chi connectivity index (χ3n) is 2.50. The van der Waals surface area contributed by atoms with Crippen molar-refractivity contribution in [3.63, 3.8) is 0 Å². The highest BCUT2D eigenvalue weighted by Crippen LogP contribution is 2.32. The molecule has 1 aromatic carbocycles. The third-order valence-corrected chi connectivity index (χ3v) is 4.90. The maximum absolute atomic E-state index is 13.5. The fourth-order valence-electron chi connectivity index (χ4n) is 1.60. The lowest BCUT2D eigenvalue weighted by atomic mass is 10.1. The van der Waals surface area contributed by atoms with Crippen LogP contribution in [0.2, 0.25) is 0 Å². The molecule has 6 heteroatoms. The van der Waals surface area contributed by atoms with Crippen LogP contribution in [0, 0.1) is 5.82 Å². The van der Waals surface area contributed by atoms with Crippen molar-refractivity contribution in [2.45, 2.75) is 19.1 Å². The minimum atomic E-state index is -0.353. The van der Waals surface area contributed by atoms with Gasteiger partial charge in [0.1, 0.15) is 17.7 Å². The Morgan fingerprint density at radius 3 is 2.58 bits per heavy atom. The molecule has 0 aliphatic heterocycles. The van der Waals surface area contributed by atoms with Gasteiger partial charge in [-0.15, -0.1) is 11.3 Å². The van der Waals surface area contributed by atoms with Gasteiger partial charge >= 0.3 is 0 Å². The van der Waals surface area contributed by atoms with Crippen molar-refractivity contribution in [1.29, 1.82) is 0 Å². The molecule has 0 aliphatic rings. The van der Waals surface area contributed by atoms with Crippen molar-refractivity contribution in [2.75, 3.05) is 0 Å². The van der Waals surface area contributed by atoms with E-state index >= 15 is 0 Å². The van der Waals surface area contributed by atoms with Crippen LogP contribution in [-0.2, 0) is 0 Å². The Labute approximate surface area is 132 Å². The Kier molecular flexibility index (Phi) is 5.00. The lowest BCUT2D eigenvalue weighted by Gasteiger charge is -2.21. The lowest BCUT2D eigenvalue weighted by Crippen LogP contribution is -2.28. The van der Waals surface area contributed by atoms with Crippen LogP contribution in [0.25, 0.3) is 0 Å². The van der Waals surface area contributed by atoms with E-state index in [9.17, 15) is 4.39 Å². The van der Waals surface area contributed by atoms with Crippen LogP contribution in [-0.4, -0.2) is 6.04 Å². The zero-order chi connectivity index (χ0) is 14.0. The standard InChI is InChI=1S/C13H12Br2FNOS/c1-7(17)13(12-4-8(14)6-19-12)18-9-2-3-10(15)11(16)5-9/h2-7,13H,17H2,1H3. The monoisotopic (exact) mass is 407 g/mol. The van der Waals surface area contributed by atoms with Crippen molar-refractivity contribution in [3.8, 4) is 5.75 Å². The summed E-state index contributed by atoms with van der Waals surface area (Å²) < 4.78 is 20.7. The molecule has 19 heavy (non-hydrogen) atoms. The summed E-state index contributed by atoms with van der Waals surface area (Å²) in [6, 6.07) is 6.45. The van der Waals surface area contributed by atoms with Gasteiger partial charge in [-0.1, -0.05) is 0 Å². The van der Waals surface area contributed by atoms with Gasteiger partial charge in [0, 0.05) is 26.8 Å². The van der Waals surface area contributed by atoms with Crippen LogP contribution < -0.4 is 10.5 Å². The highest BCUT2D eigenvalue weighted by Gasteiger charge is 2.20. The van der Waals surface area contributed by atoms with Crippen molar-refractivity contribution < 1.29 is 9.13 Å². The van der Waals surface area contributed by atoms with E-state index in [-0.39, 0.29) is 18.0 Å². The molecule has 2 nitrogen and oxygen atoms in total. The third kappa shape index (κ3) is 3.78. The zero-order valence-electron chi connectivity index (χ0n) is 10.1. The summed E-state index contributed by atoms with van der Waals surface area (Å²) in [5, 5.41) is 1.97. The minimum Gasteiger partial charge on any atom is -0.483 e. The zero-order valence-corrected chi connectivity index (χ0v) is 14.1. The number of rotatable bonds is 4. The van der Waals surface area contributed by atoms with Crippen molar-refractivity contribution in [2.24, 2.45) is 5.73 Å². The normalized spacial score (nSPS) is 14.2. The lowest BCUT2D eigenvalue weighted by molar-refractivity contribution is 0.183. The molecule has 2 N–H and O–H groups in total. The Bertz CT molecular complexity index is 574. The Balaban J connectivity index is 2.23. The van der Waals surface area contributed by atoms with Crippen LogP contribution in [0.1, 0.15) is 17.9 Å². The van der Waals surface area contributed by atoms with Gasteiger partial charge in [-0.2, -0.15) is 0 Å². The van der Waals surface area contributed by atoms with Gasteiger partial charge in [-0.25, -0.2) is 4.39 Å². The van der Waals surface area contributed by atoms with E-state index in [2.05, 4.69) is 31.9 Å². The molecule has 0 saturated heterocycles. The number of nitrogens with two attached hydrogens (primary N) is 1. The molecule has 1 aromatic heterocycles. The van der Waals surface area contributed by atoms with Crippen LogP contribution >= 0.6 is 43.2 Å². The summed E-state index contributed by atoms with van der Waals surface area (Å²) >= 11 is 8.08. The summed E-state index contributed by atoms with van der Waals surface area (Å²) in [5.74, 6) is 0.112. The fourth-order valence-corrected chi connectivity index (χ4v) is 3.43. The smallest absolute Gasteiger partial charge is 0.148 e. The summed E-state index contributed by atoms with van der Waals surface area (Å²) in [5.41, 5.74) is 5.96. The maximum atomic E-state index is 13.5. The molecule has 0 radical (unpaired) electrons. The van der Waals surface area contributed by atoms with E-state index in [1.807, 2.05) is 18.4 Å². The second-order valence-electron chi connectivity index (χ2n) is 4.14. The van der Waals surface area contributed by atoms with E-state index < -0.39 is 0 Å². The molecule has 0 amide bonds. The first kappa shape index (κ1) is 15.0. The molecule has 102 valence electrons. The van der Waals surface area contributed by atoms with E-state index in [1.165, 1.54) is 6.07 Å². The fraction of sp³-hybridized carbons (Fsp3) is 0.231. The van der Waals surface area contributed by atoms with Gasteiger partial charge < -0.3 is 10.5 Å². The molecule has 0 saturated carbocycles. The summed E-state index contributed by atoms with van der Waals surface area (Å²) in [6.07, 6.45) is -0.295. The van der Waals surface area contributed by atoms with Gasteiger partial charge in [0.2, 0.25) is 0 Å². The van der Waals surface area contributed by atoms with E-state index in [0.29, 0.717) is 10.2 Å². The first-order chi connectivity index (χ1) is 8.97. The number of ether oxygens (including phenoxy) is 1. The van der Waals surface area contributed by atoms with Crippen molar-refractivity contribution in [3.05, 3.63) is 49.3 Å². The molecule has 2 unspecified atom stereocenters. The van der Waals surface area contributed by atoms with Crippen molar-refractivity contribution >= 4 is 43.2 Å². The van der Waals surface area contributed by atoms with Crippen LogP contribution in [0.15, 0.2) is 38.6 Å². The van der Waals surface area contributed by atoms with Gasteiger partial charge in [0.25, 0.3) is 0 Å². The Morgan fingerprint density at radius 2 is 2.05 bits per heavy atom. The highest BCUT2D eigenvalue weighted by molar-refractivity contribution is 9.10. The van der Waals surface area contributed by atoms with E-state index in [4.69, 9.17) is 10.5 Å². The quantitative estimate of drug-likeness (QED) is 0.782. The molecule has 2 atom stereocenters. The molecule has 0 aliphatic carbocycles. The molecule has 2 aromatic rings. The second-order valence-corrected chi connectivity index (χ2v) is 6.85. The number of hydrogen-bond donors (Lipinski definition) is 1. The second kappa shape index (κ2) is 6.35. The molecular weight excluding hydrogens is 397 g/mol. The van der Waals surface area contributed by atoms with E-state index in [1.54, 1.807) is 23.5 Å². The largest absolute Gasteiger partial charge is 0.483 e. The van der Waals surface area contributed by atoms with Crippen LogP contribution in [0.3, 0.4) is 0 Å². The van der Waals surface area contributed by atoms with Gasteiger partial charge in [-0.05, 0) is 57.0 Å². The molecular formula is C13H12Br2FNOS. The topological polar surface area (TPSA) is 35.2 Å². The summed E-state index contributed by atoms with van der Waals surface area (Å²) in [7, 11) is 0. The summed E-state index contributed by atoms with van der Waals surface area (Å²) in [4.78, 5) is 1.00. The van der Waals surface area contributed by atoms with Gasteiger partial charge in [-0.3, -0.25) is 0 Å². The predicted molar refractivity (Wildman–Crippen MR) is 83.1 cm³/mol. The average Bonchev–Trinajstić information content (AvgIpc) is 2.76. The molecule has 0 bridgehead atoms. The first-order valence-corrected chi connectivity index (χ1v) is 8.05. The SMILES string of the molecule is CC(N)C(Oc1ccc(Br)c(F)c1)c1cc(Br)cs1. The maximum Gasteiger partial charge on any atom is 0.148 e. The van der Waals surface area contributed by atoms with Crippen LogP contribution in [0.5, 0.6) is 5.75 Å². The highest BCUT2D eigenvalue weighted by atomic mass is 79.9. The Morgan fingerprint density at radius 1 is 1.32 bits per heavy atom. The first-order valence-electron chi connectivity index (χ1n) is 5.58.